The third-order valence-electron chi connectivity index (χ3n) is 3.42. The van der Waals surface area contributed by atoms with Crippen molar-refractivity contribution in [1.29, 1.82) is 0 Å². The maximum Gasteiger partial charge on any atom is 0.0888 e. The lowest BCUT2D eigenvalue weighted by atomic mass is 10.0. The van der Waals surface area contributed by atoms with E-state index in [0.29, 0.717) is 0 Å². The van der Waals surface area contributed by atoms with Crippen LogP contribution in [0, 0.1) is 0 Å². The van der Waals surface area contributed by atoms with Gasteiger partial charge in [-0.15, -0.1) is 11.3 Å². The SMILES string of the molecule is C[C@@H](OCCC[C@H]1CCCCN1)c1cccs1. The van der Waals surface area contributed by atoms with E-state index in [1.165, 1.54) is 43.5 Å². The molecule has 0 bridgehead atoms. The van der Waals surface area contributed by atoms with Crippen LogP contribution in [-0.4, -0.2) is 19.2 Å². The van der Waals surface area contributed by atoms with Crippen LogP contribution in [-0.2, 0) is 4.74 Å². The number of hydrogen-bond donors (Lipinski definition) is 1. The zero-order chi connectivity index (χ0) is 11.9. The third kappa shape index (κ3) is 4.41. The number of nitrogens with one attached hydrogen (secondary N) is 1. The van der Waals surface area contributed by atoms with Gasteiger partial charge >= 0.3 is 0 Å². The molecule has 0 aromatic carbocycles. The van der Waals surface area contributed by atoms with E-state index in [1.807, 2.05) is 0 Å². The van der Waals surface area contributed by atoms with Crippen LogP contribution in [0.2, 0.25) is 0 Å². The van der Waals surface area contributed by atoms with Crippen LogP contribution in [0.4, 0.5) is 0 Å². The third-order valence-corrected chi connectivity index (χ3v) is 4.45. The summed E-state index contributed by atoms with van der Waals surface area (Å²) in [6.45, 7) is 4.24. The van der Waals surface area contributed by atoms with Crippen molar-refractivity contribution in [3.63, 3.8) is 0 Å². The molecule has 1 aliphatic heterocycles. The quantitative estimate of drug-likeness (QED) is 0.780. The minimum absolute atomic E-state index is 0.259. The smallest absolute Gasteiger partial charge is 0.0888 e. The molecule has 0 saturated carbocycles. The molecular weight excluding hydrogens is 230 g/mol. The Labute approximate surface area is 108 Å². The predicted molar refractivity (Wildman–Crippen MR) is 73.6 cm³/mol. The van der Waals surface area contributed by atoms with E-state index in [0.717, 1.165) is 12.6 Å². The van der Waals surface area contributed by atoms with Crippen LogP contribution in [0.15, 0.2) is 17.5 Å². The van der Waals surface area contributed by atoms with Crippen molar-refractivity contribution in [3.05, 3.63) is 22.4 Å². The molecule has 1 fully saturated rings. The van der Waals surface area contributed by atoms with E-state index >= 15 is 0 Å². The Morgan fingerprint density at radius 1 is 1.53 bits per heavy atom. The topological polar surface area (TPSA) is 21.3 Å². The molecule has 17 heavy (non-hydrogen) atoms. The first kappa shape index (κ1) is 13.1. The molecule has 1 aromatic rings. The maximum atomic E-state index is 5.86. The molecule has 3 heteroatoms. The molecule has 2 atom stereocenters. The highest BCUT2D eigenvalue weighted by Gasteiger charge is 2.12. The summed E-state index contributed by atoms with van der Waals surface area (Å²) in [5.74, 6) is 0. The lowest BCUT2D eigenvalue weighted by Crippen LogP contribution is -2.34. The van der Waals surface area contributed by atoms with Gasteiger partial charge in [-0.25, -0.2) is 0 Å². The van der Waals surface area contributed by atoms with Gasteiger partial charge < -0.3 is 10.1 Å². The number of ether oxygens (including phenoxy) is 1. The fraction of sp³-hybridized carbons (Fsp3) is 0.714. The van der Waals surface area contributed by atoms with Crippen LogP contribution in [0.5, 0.6) is 0 Å². The normalized spacial score (nSPS) is 22.5. The van der Waals surface area contributed by atoms with Gasteiger partial charge in [-0.3, -0.25) is 0 Å². The first-order valence-electron chi connectivity index (χ1n) is 6.74. The molecule has 96 valence electrons. The van der Waals surface area contributed by atoms with Gasteiger partial charge in [0.1, 0.15) is 0 Å². The molecule has 0 spiro atoms. The van der Waals surface area contributed by atoms with E-state index < -0.39 is 0 Å². The van der Waals surface area contributed by atoms with Gasteiger partial charge in [-0.2, -0.15) is 0 Å². The van der Waals surface area contributed by atoms with Crippen molar-refractivity contribution < 1.29 is 4.74 Å². The van der Waals surface area contributed by atoms with E-state index in [2.05, 4.69) is 29.8 Å². The molecule has 0 radical (unpaired) electrons. The summed E-state index contributed by atoms with van der Waals surface area (Å²) in [7, 11) is 0. The van der Waals surface area contributed by atoms with Gasteiger partial charge in [0, 0.05) is 17.5 Å². The van der Waals surface area contributed by atoms with Crippen molar-refractivity contribution in [2.75, 3.05) is 13.2 Å². The van der Waals surface area contributed by atoms with Gasteiger partial charge in [-0.1, -0.05) is 12.5 Å². The van der Waals surface area contributed by atoms with Crippen molar-refractivity contribution in [1.82, 2.24) is 5.32 Å². The summed E-state index contributed by atoms with van der Waals surface area (Å²) in [4.78, 5) is 1.33. The highest BCUT2D eigenvalue weighted by molar-refractivity contribution is 7.10. The average Bonchev–Trinajstić information content (AvgIpc) is 2.89. The molecule has 2 heterocycles. The summed E-state index contributed by atoms with van der Waals surface area (Å²) in [6, 6.07) is 4.98. The number of hydrogen-bond acceptors (Lipinski definition) is 3. The molecule has 1 N–H and O–H groups in total. The zero-order valence-corrected chi connectivity index (χ0v) is 11.5. The van der Waals surface area contributed by atoms with Crippen LogP contribution in [0.1, 0.15) is 50.0 Å². The molecule has 2 nitrogen and oxygen atoms in total. The predicted octanol–water partition coefficient (Wildman–Crippen LogP) is 3.75. The summed E-state index contributed by atoms with van der Waals surface area (Å²) >= 11 is 1.78. The number of thiophene rings is 1. The second-order valence-corrected chi connectivity index (χ2v) is 5.80. The first-order chi connectivity index (χ1) is 8.36. The molecule has 1 saturated heterocycles. The largest absolute Gasteiger partial charge is 0.373 e. The molecular formula is C14H23NOS. The van der Waals surface area contributed by atoms with E-state index in [1.54, 1.807) is 11.3 Å². The lowest BCUT2D eigenvalue weighted by Gasteiger charge is -2.23. The van der Waals surface area contributed by atoms with Crippen LogP contribution in [0.3, 0.4) is 0 Å². The molecule has 0 aliphatic carbocycles. The Hall–Kier alpha value is -0.380. The van der Waals surface area contributed by atoms with Gasteiger partial charge in [0.2, 0.25) is 0 Å². The lowest BCUT2D eigenvalue weighted by molar-refractivity contribution is 0.0635. The molecule has 0 amide bonds. The Bertz CT molecular complexity index is 293. The second kappa shape index (κ2) is 7.14. The number of rotatable bonds is 6. The maximum absolute atomic E-state index is 5.86. The molecule has 1 aliphatic rings. The fourth-order valence-corrected chi connectivity index (χ4v) is 3.10. The fourth-order valence-electron chi connectivity index (χ4n) is 2.36. The van der Waals surface area contributed by atoms with Gasteiger partial charge in [0.25, 0.3) is 0 Å². The van der Waals surface area contributed by atoms with E-state index in [4.69, 9.17) is 4.74 Å². The summed E-state index contributed by atoms with van der Waals surface area (Å²) in [5, 5.41) is 5.69. The minimum atomic E-state index is 0.259. The van der Waals surface area contributed by atoms with Crippen LogP contribution < -0.4 is 5.32 Å². The monoisotopic (exact) mass is 253 g/mol. The summed E-state index contributed by atoms with van der Waals surface area (Å²) < 4.78 is 5.86. The van der Waals surface area contributed by atoms with Gasteiger partial charge in [-0.05, 0) is 50.6 Å². The Morgan fingerprint density at radius 3 is 3.18 bits per heavy atom. The van der Waals surface area contributed by atoms with Crippen LogP contribution in [0.25, 0.3) is 0 Å². The first-order valence-corrected chi connectivity index (χ1v) is 7.62. The van der Waals surface area contributed by atoms with Crippen molar-refractivity contribution in [2.45, 2.75) is 51.2 Å². The Morgan fingerprint density at radius 2 is 2.47 bits per heavy atom. The molecule has 0 unspecified atom stereocenters. The summed E-state index contributed by atoms with van der Waals surface area (Å²) in [5.41, 5.74) is 0. The van der Waals surface area contributed by atoms with Crippen LogP contribution >= 0.6 is 11.3 Å². The van der Waals surface area contributed by atoms with Gasteiger partial charge in [0.15, 0.2) is 0 Å². The Kier molecular flexibility index (Phi) is 5.49. The van der Waals surface area contributed by atoms with Gasteiger partial charge in [0.05, 0.1) is 6.10 Å². The van der Waals surface area contributed by atoms with Crippen molar-refractivity contribution in [3.8, 4) is 0 Å². The average molecular weight is 253 g/mol. The highest BCUT2D eigenvalue weighted by atomic mass is 32.1. The van der Waals surface area contributed by atoms with Crippen molar-refractivity contribution in [2.24, 2.45) is 0 Å². The zero-order valence-electron chi connectivity index (χ0n) is 10.7. The Balaban J connectivity index is 1.56. The van der Waals surface area contributed by atoms with E-state index in [9.17, 15) is 0 Å². The molecule has 1 aromatic heterocycles. The van der Waals surface area contributed by atoms with E-state index in [-0.39, 0.29) is 6.10 Å². The molecule has 2 rings (SSSR count). The minimum Gasteiger partial charge on any atom is -0.373 e. The summed E-state index contributed by atoms with van der Waals surface area (Å²) in [6.07, 6.45) is 6.78. The second-order valence-electron chi connectivity index (χ2n) is 4.82. The highest BCUT2D eigenvalue weighted by Crippen LogP contribution is 2.22. The number of piperidine rings is 1. The van der Waals surface area contributed by atoms with Crippen molar-refractivity contribution >= 4 is 11.3 Å². The standard InChI is InChI=1S/C14H23NOS/c1-12(14-8-5-11-17-14)16-10-4-7-13-6-2-3-9-15-13/h5,8,11-13,15H,2-4,6-7,9-10H2,1H3/t12-,13-/m1/s1.